The molecule has 1 aromatic rings. The molecule has 0 bridgehead atoms. The summed E-state index contributed by atoms with van der Waals surface area (Å²) in [6.45, 7) is 8.51. The number of nitrogen functional groups attached to an aromatic ring is 1. The molecule has 0 saturated carbocycles. The third-order valence-electron chi connectivity index (χ3n) is 4.07. The fourth-order valence-electron chi connectivity index (χ4n) is 2.62. The van der Waals surface area contributed by atoms with Crippen LogP contribution in [-0.2, 0) is 11.3 Å². The number of carbonyl (C=O) groups is 1. The molecule has 7 heteroatoms. The second kappa shape index (κ2) is 10.5. The average Bonchev–Trinajstić information content (AvgIpc) is 2.58. The Bertz CT molecular complexity index is 691. The van der Waals surface area contributed by atoms with Gasteiger partial charge in [0.2, 0.25) is 5.91 Å². The van der Waals surface area contributed by atoms with Gasteiger partial charge in [0.15, 0.2) is 5.69 Å². The summed E-state index contributed by atoms with van der Waals surface area (Å²) >= 11 is 0. The van der Waals surface area contributed by atoms with Crippen molar-refractivity contribution in [3.63, 3.8) is 0 Å². The van der Waals surface area contributed by atoms with Crippen LogP contribution in [0.3, 0.4) is 0 Å². The van der Waals surface area contributed by atoms with Gasteiger partial charge in [0.05, 0.1) is 0 Å². The van der Waals surface area contributed by atoms with Crippen molar-refractivity contribution in [2.75, 3.05) is 17.2 Å². The number of aromatic amines is 1. The number of carbonyl (C=O) groups excluding carboxylic acids is 1. The van der Waals surface area contributed by atoms with Crippen LogP contribution < -0.4 is 21.9 Å². The summed E-state index contributed by atoms with van der Waals surface area (Å²) in [5.41, 5.74) is 5.06. The lowest BCUT2D eigenvalue weighted by Crippen LogP contribution is -2.41. The van der Waals surface area contributed by atoms with Crippen molar-refractivity contribution in [2.24, 2.45) is 0 Å². The van der Waals surface area contributed by atoms with E-state index < -0.39 is 11.2 Å². The summed E-state index contributed by atoms with van der Waals surface area (Å²) in [5.74, 6) is -0.125. The molecule has 1 amide bonds. The highest BCUT2D eigenvalue weighted by molar-refractivity contribution is 5.95. The van der Waals surface area contributed by atoms with Gasteiger partial charge in [0.25, 0.3) is 5.56 Å². The maximum Gasteiger partial charge on any atom is 0.330 e. The highest BCUT2D eigenvalue weighted by Crippen LogP contribution is 2.19. The van der Waals surface area contributed by atoms with Crippen LogP contribution in [0.25, 0.3) is 0 Å². The van der Waals surface area contributed by atoms with Crippen LogP contribution in [0.4, 0.5) is 11.5 Å². The van der Waals surface area contributed by atoms with E-state index in [2.05, 4.69) is 18.5 Å². The zero-order valence-corrected chi connectivity index (χ0v) is 15.3. The number of nitrogens with one attached hydrogen (secondary N) is 1. The minimum absolute atomic E-state index is 0.0608. The van der Waals surface area contributed by atoms with Crippen LogP contribution in [0, 0.1) is 0 Å². The summed E-state index contributed by atoms with van der Waals surface area (Å²) < 4.78 is 1.34. The van der Waals surface area contributed by atoms with E-state index in [0.717, 1.165) is 32.1 Å². The molecule has 0 aliphatic rings. The lowest BCUT2D eigenvalue weighted by Gasteiger charge is -2.24. The molecular weight excluding hydrogens is 320 g/mol. The number of nitrogens with two attached hydrogens (primary N) is 1. The summed E-state index contributed by atoms with van der Waals surface area (Å²) in [6, 6.07) is 0. The Morgan fingerprint density at radius 3 is 2.52 bits per heavy atom. The van der Waals surface area contributed by atoms with Crippen molar-refractivity contribution >= 4 is 17.4 Å². The number of hydrogen-bond donors (Lipinski definition) is 2. The van der Waals surface area contributed by atoms with Gasteiger partial charge in [-0.3, -0.25) is 19.1 Å². The van der Waals surface area contributed by atoms with Crippen molar-refractivity contribution in [2.45, 2.75) is 65.3 Å². The number of anilines is 2. The second-order valence-electron chi connectivity index (χ2n) is 6.08. The van der Waals surface area contributed by atoms with E-state index in [-0.39, 0.29) is 23.8 Å². The number of hydrogen-bond acceptors (Lipinski definition) is 4. The summed E-state index contributed by atoms with van der Waals surface area (Å²) in [6.07, 6.45) is 6.80. The lowest BCUT2D eigenvalue weighted by molar-refractivity contribution is -0.118. The summed E-state index contributed by atoms with van der Waals surface area (Å²) in [7, 11) is 0. The van der Waals surface area contributed by atoms with Gasteiger partial charge in [-0.05, 0) is 19.3 Å². The van der Waals surface area contributed by atoms with Gasteiger partial charge in [0, 0.05) is 19.5 Å². The summed E-state index contributed by atoms with van der Waals surface area (Å²) in [4.78, 5) is 40.7. The maximum absolute atomic E-state index is 12.6. The quantitative estimate of drug-likeness (QED) is 0.472. The fraction of sp³-hybridized carbons (Fsp3) is 0.611. The third-order valence-corrected chi connectivity index (χ3v) is 4.07. The predicted molar refractivity (Wildman–Crippen MR) is 102 cm³/mol. The van der Waals surface area contributed by atoms with Crippen LogP contribution in [0.5, 0.6) is 0 Å². The van der Waals surface area contributed by atoms with E-state index in [1.54, 1.807) is 6.08 Å². The van der Waals surface area contributed by atoms with Crippen LogP contribution in [0.15, 0.2) is 22.2 Å². The largest absolute Gasteiger partial charge is 0.383 e. The molecule has 0 fully saturated rings. The third kappa shape index (κ3) is 5.62. The van der Waals surface area contributed by atoms with Crippen LogP contribution in [0.1, 0.15) is 58.8 Å². The average molecular weight is 350 g/mol. The van der Waals surface area contributed by atoms with Gasteiger partial charge in [-0.25, -0.2) is 4.79 Å². The first kappa shape index (κ1) is 20.7. The van der Waals surface area contributed by atoms with Gasteiger partial charge in [-0.15, -0.1) is 6.58 Å². The minimum atomic E-state index is -0.612. The number of allylic oxidation sites excluding steroid dienone is 1. The molecule has 0 radical (unpaired) electrons. The van der Waals surface area contributed by atoms with Gasteiger partial charge in [-0.1, -0.05) is 39.2 Å². The Hall–Kier alpha value is -2.31. The smallest absolute Gasteiger partial charge is 0.330 e. The molecule has 0 saturated heterocycles. The van der Waals surface area contributed by atoms with E-state index in [4.69, 9.17) is 5.73 Å². The second-order valence-corrected chi connectivity index (χ2v) is 6.08. The van der Waals surface area contributed by atoms with E-state index in [1.165, 1.54) is 9.47 Å². The Balaban J connectivity index is 3.30. The van der Waals surface area contributed by atoms with Gasteiger partial charge >= 0.3 is 5.69 Å². The van der Waals surface area contributed by atoms with Crippen molar-refractivity contribution < 1.29 is 4.79 Å². The Morgan fingerprint density at radius 2 is 1.92 bits per heavy atom. The van der Waals surface area contributed by atoms with Gasteiger partial charge in [-0.2, -0.15) is 0 Å². The van der Waals surface area contributed by atoms with E-state index in [1.807, 2.05) is 6.92 Å². The van der Waals surface area contributed by atoms with Crippen molar-refractivity contribution in [3.05, 3.63) is 33.5 Å². The first-order chi connectivity index (χ1) is 12.0. The molecule has 1 heterocycles. The first-order valence-corrected chi connectivity index (χ1v) is 9.01. The minimum Gasteiger partial charge on any atom is -0.383 e. The van der Waals surface area contributed by atoms with Crippen LogP contribution in [-0.4, -0.2) is 22.0 Å². The molecule has 0 spiro atoms. The van der Waals surface area contributed by atoms with E-state index in [9.17, 15) is 14.4 Å². The first-order valence-electron chi connectivity index (χ1n) is 9.01. The SMILES string of the molecule is C=CCCC(=O)N(CCCCC)c1c(N)n(CCCC)c(=O)[nH]c1=O. The molecule has 140 valence electrons. The zero-order chi connectivity index (χ0) is 18.8. The topological polar surface area (TPSA) is 101 Å². The van der Waals surface area contributed by atoms with E-state index in [0.29, 0.717) is 19.5 Å². The zero-order valence-electron chi connectivity index (χ0n) is 15.3. The molecular formula is C18H30N4O3. The Labute approximate surface area is 148 Å². The molecule has 1 rings (SSSR count). The van der Waals surface area contributed by atoms with Crippen molar-refractivity contribution in [1.82, 2.24) is 9.55 Å². The number of aromatic nitrogens is 2. The Kier molecular flexibility index (Phi) is 8.74. The molecule has 0 unspecified atom stereocenters. The highest BCUT2D eigenvalue weighted by atomic mass is 16.2. The lowest BCUT2D eigenvalue weighted by atomic mass is 10.2. The maximum atomic E-state index is 12.6. The molecule has 0 atom stereocenters. The number of rotatable bonds is 11. The van der Waals surface area contributed by atoms with Gasteiger partial charge in [0.1, 0.15) is 5.82 Å². The monoisotopic (exact) mass is 350 g/mol. The molecule has 0 aliphatic heterocycles. The standard InChI is InChI=1S/C18H30N4O3/c1-4-7-10-13-21(14(23)11-8-5-2)15-16(19)22(12-9-6-3)18(25)20-17(15)24/h5H,2,4,6-13,19H2,1,3H3,(H,20,24,25). The molecule has 0 aliphatic carbocycles. The molecule has 3 N–H and O–H groups in total. The highest BCUT2D eigenvalue weighted by Gasteiger charge is 2.23. The molecule has 7 nitrogen and oxygen atoms in total. The number of amides is 1. The number of H-pyrrole nitrogens is 1. The molecule has 0 aromatic carbocycles. The number of unbranched alkanes of at least 4 members (excludes halogenated alkanes) is 3. The predicted octanol–water partition coefficient (Wildman–Crippen LogP) is 2.41. The normalized spacial score (nSPS) is 10.6. The summed E-state index contributed by atoms with van der Waals surface area (Å²) in [5, 5.41) is 0. The van der Waals surface area contributed by atoms with Crippen LogP contribution >= 0.6 is 0 Å². The Morgan fingerprint density at radius 1 is 1.24 bits per heavy atom. The number of nitrogens with zero attached hydrogens (tertiary/aromatic N) is 2. The van der Waals surface area contributed by atoms with Gasteiger partial charge < -0.3 is 10.6 Å². The van der Waals surface area contributed by atoms with Crippen molar-refractivity contribution in [3.8, 4) is 0 Å². The molecule has 25 heavy (non-hydrogen) atoms. The van der Waals surface area contributed by atoms with Crippen molar-refractivity contribution in [1.29, 1.82) is 0 Å². The van der Waals surface area contributed by atoms with E-state index >= 15 is 0 Å². The fourth-order valence-corrected chi connectivity index (χ4v) is 2.62. The molecule has 1 aromatic heterocycles. The van der Waals surface area contributed by atoms with Crippen LogP contribution in [0.2, 0.25) is 0 Å².